The van der Waals surface area contributed by atoms with E-state index in [0.29, 0.717) is 11.7 Å². The molecule has 0 unspecified atom stereocenters. The molecule has 0 bridgehead atoms. The Labute approximate surface area is 76.8 Å². The van der Waals surface area contributed by atoms with Gasteiger partial charge in [0.2, 0.25) is 0 Å². The summed E-state index contributed by atoms with van der Waals surface area (Å²) in [7, 11) is 0. The number of aromatic nitrogens is 1. The molecule has 0 aliphatic carbocycles. The molecule has 0 amide bonds. The molecule has 0 spiro atoms. The molecule has 0 saturated carbocycles. The smallest absolute Gasteiger partial charge is 0.126 e. The van der Waals surface area contributed by atoms with Crippen LogP contribution >= 0.6 is 11.6 Å². The number of rotatable bonds is 0. The normalized spacial score (nSPS) is 8.83. The highest BCUT2D eigenvalue weighted by Crippen LogP contribution is 2.07. The lowest BCUT2D eigenvalue weighted by Gasteiger charge is -1.97. The second kappa shape index (κ2) is 3.99. The van der Waals surface area contributed by atoms with Crippen molar-refractivity contribution in [2.24, 2.45) is 0 Å². The van der Waals surface area contributed by atoms with Gasteiger partial charge in [-0.05, 0) is 18.6 Å². The van der Waals surface area contributed by atoms with Crippen molar-refractivity contribution in [2.75, 3.05) is 11.6 Å². The maximum absolute atomic E-state index is 5.53. The predicted octanol–water partition coefficient (Wildman–Crippen LogP) is 1.56. The number of nitrogen functional groups attached to an aromatic ring is 1. The molecule has 0 aliphatic heterocycles. The third kappa shape index (κ3) is 2.14. The minimum atomic E-state index is 0.337. The van der Waals surface area contributed by atoms with Crippen LogP contribution in [-0.2, 0) is 0 Å². The first-order valence-electron chi connectivity index (χ1n) is 3.51. The highest BCUT2D eigenvalue weighted by molar-refractivity contribution is 6.19. The fourth-order valence-electron chi connectivity index (χ4n) is 0.789. The Morgan fingerprint density at radius 2 is 2.42 bits per heavy atom. The SMILES string of the molecule is Cc1cc(C#CCCl)cnc1N. The van der Waals surface area contributed by atoms with Gasteiger partial charge in [-0.1, -0.05) is 11.8 Å². The second-order valence-electron chi connectivity index (χ2n) is 2.36. The molecule has 0 aliphatic rings. The molecule has 2 nitrogen and oxygen atoms in total. The van der Waals surface area contributed by atoms with Gasteiger partial charge in [0.05, 0.1) is 5.88 Å². The van der Waals surface area contributed by atoms with Crippen LogP contribution in [0.3, 0.4) is 0 Å². The van der Waals surface area contributed by atoms with E-state index in [0.717, 1.165) is 11.1 Å². The monoisotopic (exact) mass is 180 g/mol. The minimum absolute atomic E-state index is 0.337. The Morgan fingerprint density at radius 3 is 3.00 bits per heavy atom. The van der Waals surface area contributed by atoms with Crippen LogP contribution in [0.15, 0.2) is 12.3 Å². The molecular weight excluding hydrogens is 172 g/mol. The van der Waals surface area contributed by atoms with Crippen molar-refractivity contribution >= 4 is 17.4 Å². The van der Waals surface area contributed by atoms with E-state index >= 15 is 0 Å². The van der Waals surface area contributed by atoms with E-state index in [1.165, 1.54) is 0 Å². The van der Waals surface area contributed by atoms with Crippen LogP contribution in [-0.4, -0.2) is 10.9 Å². The van der Waals surface area contributed by atoms with Crippen molar-refractivity contribution in [2.45, 2.75) is 6.92 Å². The van der Waals surface area contributed by atoms with Gasteiger partial charge in [0.15, 0.2) is 0 Å². The van der Waals surface area contributed by atoms with Gasteiger partial charge in [0, 0.05) is 11.8 Å². The number of hydrogen-bond acceptors (Lipinski definition) is 2. The van der Waals surface area contributed by atoms with Crippen LogP contribution in [0.4, 0.5) is 5.82 Å². The Kier molecular flexibility index (Phi) is 2.95. The van der Waals surface area contributed by atoms with Gasteiger partial charge in [0.1, 0.15) is 5.82 Å². The van der Waals surface area contributed by atoms with Gasteiger partial charge < -0.3 is 5.73 Å². The quantitative estimate of drug-likeness (QED) is 0.486. The number of halogens is 1. The van der Waals surface area contributed by atoms with E-state index < -0.39 is 0 Å². The Hall–Kier alpha value is -1.20. The molecule has 62 valence electrons. The summed E-state index contributed by atoms with van der Waals surface area (Å²) in [5.41, 5.74) is 7.32. The fourth-order valence-corrected chi connectivity index (χ4v) is 0.856. The fraction of sp³-hybridized carbons (Fsp3) is 0.222. The zero-order chi connectivity index (χ0) is 8.97. The Bertz CT molecular complexity index is 336. The number of pyridine rings is 1. The minimum Gasteiger partial charge on any atom is -0.383 e. The molecule has 1 rings (SSSR count). The number of aryl methyl sites for hydroxylation is 1. The molecule has 0 aromatic carbocycles. The standard InChI is InChI=1S/C9H9ClN2/c1-7-5-8(3-2-4-10)6-12-9(7)11/h5-6H,4H2,1H3,(H2,11,12). The van der Waals surface area contributed by atoms with E-state index in [9.17, 15) is 0 Å². The van der Waals surface area contributed by atoms with E-state index in [1.807, 2.05) is 13.0 Å². The molecule has 2 N–H and O–H groups in total. The van der Waals surface area contributed by atoms with E-state index in [4.69, 9.17) is 17.3 Å². The third-order valence-electron chi connectivity index (χ3n) is 1.42. The molecule has 12 heavy (non-hydrogen) atoms. The van der Waals surface area contributed by atoms with E-state index in [-0.39, 0.29) is 0 Å². The van der Waals surface area contributed by atoms with E-state index in [1.54, 1.807) is 6.20 Å². The van der Waals surface area contributed by atoms with Gasteiger partial charge in [-0.15, -0.1) is 11.6 Å². The lowest BCUT2D eigenvalue weighted by atomic mass is 10.2. The zero-order valence-corrected chi connectivity index (χ0v) is 7.52. The average Bonchev–Trinajstić information content (AvgIpc) is 2.07. The van der Waals surface area contributed by atoms with Crippen LogP contribution < -0.4 is 5.73 Å². The highest BCUT2D eigenvalue weighted by atomic mass is 35.5. The summed E-state index contributed by atoms with van der Waals surface area (Å²) in [4.78, 5) is 3.96. The maximum atomic E-state index is 5.53. The average molecular weight is 181 g/mol. The summed E-state index contributed by atoms with van der Waals surface area (Å²) in [5.74, 6) is 6.49. The van der Waals surface area contributed by atoms with Crippen molar-refractivity contribution in [1.82, 2.24) is 4.98 Å². The number of nitrogens with two attached hydrogens (primary N) is 1. The van der Waals surface area contributed by atoms with Crippen LogP contribution in [0.2, 0.25) is 0 Å². The molecule has 1 aromatic rings. The van der Waals surface area contributed by atoms with Crippen molar-refractivity contribution < 1.29 is 0 Å². The van der Waals surface area contributed by atoms with Crippen LogP contribution in [0.25, 0.3) is 0 Å². The highest BCUT2D eigenvalue weighted by Gasteiger charge is 1.93. The van der Waals surface area contributed by atoms with E-state index in [2.05, 4.69) is 16.8 Å². The van der Waals surface area contributed by atoms with Crippen molar-refractivity contribution in [3.05, 3.63) is 23.4 Å². The lowest BCUT2D eigenvalue weighted by Crippen LogP contribution is -1.93. The number of nitrogens with zero attached hydrogens (tertiary/aromatic N) is 1. The lowest BCUT2D eigenvalue weighted by molar-refractivity contribution is 1.27. The molecule has 1 heterocycles. The first kappa shape index (κ1) is 8.89. The van der Waals surface area contributed by atoms with Gasteiger partial charge >= 0.3 is 0 Å². The molecule has 3 heteroatoms. The largest absolute Gasteiger partial charge is 0.383 e. The summed E-state index contributed by atoms with van der Waals surface area (Å²) in [5, 5.41) is 0. The van der Waals surface area contributed by atoms with Crippen molar-refractivity contribution in [3.8, 4) is 11.8 Å². The zero-order valence-electron chi connectivity index (χ0n) is 6.76. The van der Waals surface area contributed by atoms with Gasteiger partial charge in [-0.2, -0.15) is 0 Å². The second-order valence-corrected chi connectivity index (χ2v) is 2.63. The topological polar surface area (TPSA) is 38.9 Å². The number of anilines is 1. The molecule has 0 saturated heterocycles. The molecule has 0 fully saturated rings. The summed E-state index contributed by atoms with van der Waals surface area (Å²) in [6.07, 6.45) is 1.64. The first-order chi connectivity index (χ1) is 5.74. The van der Waals surface area contributed by atoms with Crippen molar-refractivity contribution in [1.29, 1.82) is 0 Å². The van der Waals surface area contributed by atoms with Crippen LogP contribution in [0.1, 0.15) is 11.1 Å². The predicted molar refractivity (Wildman–Crippen MR) is 51.0 cm³/mol. The van der Waals surface area contributed by atoms with Crippen LogP contribution in [0, 0.1) is 18.8 Å². The van der Waals surface area contributed by atoms with Crippen molar-refractivity contribution in [3.63, 3.8) is 0 Å². The molecule has 1 aromatic heterocycles. The molecule has 0 atom stereocenters. The first-order valence-corrected chi connectivity index (χ1v) is 4.04. The van der Waals surface area contributed by atoms with Gasteiger partial charge in [-0.3, -0.25) is 0 Å². The summed E-state index contributed by atoms with van der Waals surface area (Å²) in [6, 6.07) is 1.89. The van der Waals surface area contributed by atoms with Crippen LogP contribution in [0.5, 0.6) is 0 Å². The Balaban J connectivity index is 2.97. The third-order valence-corrected chi connectivity index (χ3v) is 1.55. The van der Waals surface area contributed by atoms with Gasteiger partial charge in [-0.25, -0.2) is 4.98 Å². The Morgan fingerprint density at radius 1 is 1.67 bits per heavy atom. The molecular formula is C9H9ClN2. The summed E-state index contributed by atoms with van der Waals surface area (Å²) < 4.78 is 0. The summed E-state index contributed by atoms with van der Waals surface area (Å²) in [6.45, 7) is 1.90. The maximum Gasteiger partial charge on any atom is 0.126 e. The summed E-state index contributed by atoms with van der Waals surface area (Å²) >= 11 is 5.40. The number of hydrogen-bond donors (Lipinski definition) is 1. The number of alkyl halides is 1. The van der Waals surface area contributed by atoms with Gasteiger partial charge in [0.25, 0.3) is 0 Å². The molecule has 0 radical (unpaired) electrons.